The standard InChI is InChI=1S/C22H34N6O6S/c1-13-11-18(33-7)14(2)15(3)19(13)35(31,32)28-20(23)25-10-8-9-16(17(29)12-26-24)27-21(30)34-22(4,5)6/h11-12,16H,8-10H2,1-7H3,(H,27,30)(H3,23,25,28)/t16-/m0/s1. The van der Waals surface area contributed by atoms with Crippen molar-refractivity contribution in [3.05, 3.63) is 28.3 Å². The zero-order valence-corrected chi connectivity index (χ0v) is 21.9. The summed E-state index contributed by atoms with van der Waals surface area (Å²) in [4.78, 5) is 30.9. The predicted molar refractivity (Wildman–Crippen MR) is 131 cm³/mol. The first kappa shape index (κ1) is 29.6. The number of hydrogen-bond donors (Lipinski definition) is 3. The number of Topliss-reactive ketones (excluding diaryl/α,β-unsaturated/α-hetero) is 1. The first-order valence-corrected chi connectivity index (χ1v) is 12.3. The van der Waals surface area contributed by atoms with Crippen LogP contribution in [0.3, 0.4) is 0 Å². The molecular weight excluding hydrogens is 476 g/mol. The number of carbonyl (C=O) groups is 2. The molecule has 13 heteroatoms. The Bertz CT molecular complexity index is 1130. The Kier molecular flexibility index (Phi) is 10.4. The highest BCUT2D eigenvalue weighted by Gasteiger charge is 2.26. The topological polar surface area (TPSA) is 186 Å². The summed E-state index contributed by atoms with van der Waals surface area (Å²) in [5.41, 5.74) is 15.4. The lowest BCUT2D eigenvalue weighted by atomic mass is 10.1. The monoisotopic (exact) mass is 510 g/mol. The number of nitrogens with zero attached hydrogens (tertiary/aromatic N) is 3. The minimum atomic E-state index is -4.01. The number of aliphatic imine (C=N–C) groups is 1. The molecule has 1 aromatic rings. The van der Waals surface area contributed by atoms with E-state index in [1.165, 1.54) is 7.11 Å². The van der Waals surface area contributed by atoms with Crippen molar-refractivity contribution < 1.29 is 32.3 Å². The van der Waals surface area contributed by atoms with E-state index in [2.05, 4.69) is 19.8 Å². The van der Waals surface area contributed by atoms with E-state index in [1.54, 1.807) is 47.6 Å². The number of ketones is 1. The number of guanidine groups is 1. The van der Waals surface area contributed by atoms with Gasteiger partial charge in [0.2, 0.25) is 5.96 Å². The van der Waals surface area contributed by atoms with Gasteiger partial charge in [-0.3, -0.25) is 9.79 Å². The van der Waals surface area contributed by atoms with E-state index in [4.69, 9.17) is 20.7 Å². The molecule has 0 radical (unpaired) electrons. The summed E-state index contributed by atoms with van der Waals surface area (Å²) in [5.74, 6) is -0.384. The number of ether oxygens (including phenoxy) is 2. The van der Waals surface area contributed by atoms with Crippen molar-refractivity contribution in [2.75, 3.05) is 13.7 Å². The fraction of sp³-hybridized carbons (Fsp3) is 0.545. The average Bonchev–Trinajstić information content (AvgIpc) is 2.71. The first-order valence-electron chi connectivity index (χ1n) is 10.8. The number of benzene rings is 1. The highest BCUT2D eigenvalue weighted by Crippen LogP contribution is 2.30. The summed E-state index contributed by atoms with van der Waals surface area (Å²) in [6.07, 6.45) is 0.241. The molecule has 4 N–H and O–H groups in total. The third kappa shape index (κ3) is 9.02. The van der Waals surface area contributed by atoms with Crippen molar-refractivity contribution in [2.24, 2.45) is 10.7 Å². The third-order valence-corrected chi connectivity index (χ3v) is 6.50. The highest BCUT2D eigenvalue weighted by atomic mass is 32.2. The maximum absolute atomic E-state index is 12.9. The van der Waals surface area contributed by atoms with Crippen LogP contribution in [0, 0.1) is 20.8 Å². The molecule has 0 saturated heterocycles. The van der Waals surface area contributed by atoms with Gasteiger partial charge in [0.25, 0.3) is 15.8 Å². The number of amides is 1. The molecule has 1 amide bonds. The Labute approximate surface area is 205 Å². The van der Waals surface area contributed by atoms with E-state index in [1.807, 2.05) is 0 Å². The summed E-state index contributed by atoms with van der Waals surface area (Å²) in [7, 11) is -2.50. The van der Waals surface area contributed by atoms with Crippen molar-refractivity contribution in [3.8, 4) is 5.75 Å². The number of alkyl carbamates (subject to hydrolysis) is 1. The lowest BCUT2D eigenvalue weighted by Crippen LogP contribution is -2.44. The molecule has 0 bridgehead atoms. The normalized spacial score (nSPS) is 12.8. The first-order chi connectivity index (χ1) is 16.1. The van der Waals surface area contributed by atoms with Gasteiger partial charge < -0.3 is 26.1 Å². The maximum atomic E-state index is 12.9. The second-order valence-corrected chi connectivity index (χ2v) is 10.5. The van der Waals surface area contributed by atoms with Crippen LogP contribution in [-0.2, 0) is 19.6 Å². The average molecular weight is 511 g/mol. The SMILES string of the molecule is COc1cc(C)c(S(=O)(=O)NC(N)=NCCC[C@H](NC(=O)OC(C)(C)C)C(=O)C=[N+]=[N-])c(C)c1C. The van der Waals surface area contributed by atoms with E-state index in [-0.39, 0.29) is 30.2 Å². The fourth-order valence-electron chi connectivity index (χ4n) is 3.24. The molecule has 12 nitrogen and oxygen atoms in total. The smallest absolute Gasteiger partial charge is 0.408 e. The second-order valence-electron chi connectivity index (χ2n) is 8.84. The molecule has 1 rings (SSSR count). The van der Waals surface area contributed by atoms with Crippen molar-refractivity contribution in [1.82, 2.24) is 10.0 Å². The Morgan fingerprint density at radius 2 is 1.89 bits per heavy atom. The summed E-state index contributed by atoms with van der Waals surface area (Å²) in [6.45, 7) is 10.2. The summed E-state index contributed by atoms with van der Waals surface area (Å²) >= 11 is 0. The van der Waals surface area contributed by atoms with Crippen molar-refractivity contribution >= 4 is 34.1 Å². The predicted octanol–water partition coefficient (Wildman–Crippen LogP) is 1.76. The Morgan fingerprint density at radius 1 is 1.26 bits per heavy atom. The Balaban J connectivity index is 2.88. The van der Waals surface area contributed by atoms with Gasteiger partial charge in [-0.15, -0.1) is 0 Å². The van der Waals surface area contributed by atoms with Crippen LogP contribution in [0.15, 0.2) is 16.0 Å². The van der Waals surface area contributed by atoms with Gasteiger partial charge in [0, 0.05) is 6.54 Å². The summed E-state index contributed by atoms with van der Waals surface area (Å²) in [6, 6.07) is 0.607. The number of hydrogen-bond acceptors (Lipinski definition) is 7. The number of nitrogens with one attached hydrogen (secondary N) is 2. The molecule has 0 aliphatic heterocycles. The minimum absolute atomic E-state index is 0.0595. The van der Waals surface area contributed by atoms with Gasteiger partial charge in [-0.05, 0) is 77.1 Å². The molecular formula is C22H34N6O6S. The van der Waals surface area contributed by atoms with E-state index in [0.29, 0.717) is 28.7 Å². The molecule has 1 atom stereocenters. The van der Waals surface area contributed by atoms with Crippen molar-refractivity contribution in [1.29, 1.82) is 0 Å². The number of nitrogens with two attached hydrogens (primary N) is 1. The van der Waals surface area contributed by atoms with E-state index < -0.39 is 33.5 Å². The summed E-state index contributed by atoms with van der Waals surface area (Å²) in [5, 5.41) is 2.42. The van der Waals surface area contributed by atoms with Crippen molar-refractivity contribution in [2.45, 2.75) is 70.9 Å². The third-order valence-electron chi connectivity index (χ3n) is 4.86. The zero-order valence-electron chi connectivity index (χ0n) is 21.1. The minimum Gasteiger partial charge on any atom is -0.496 e. The van der Waals surface area contributed by atoms with Crippen LogP contribution >= 0.6 is 0 Å². The number of carbonyl (C=O) groups excluding carboxylic acids is 2. The molecule has 35 heavy (non-hydrogen) atoms. The van der Waals surface area contributed by atoms with Crippen LogP contribution in [0.2, 0.25) is 0 Å². The lowest BCUT2D eigenvalue weighted by Gasteiger charge is -2.22. The molecule has 0 saturated carbocycles. The molecule has 1 aromatic carbocycles. The van der Waals surface area contributed by atoms with Gasteiger partial charge in [0.1, 0.15) is 17.4 Å². The molecule has 194 valence electrons. The number of rotatable bonds is 10. The van der Waals surface area contributed by atoms with Crippen LogP contribution in [0.1, 0.15) is 50.3 Å². The van der Waals surface area contributed by atoms with Gasteiger partial charge in [0.05, 0.1) is 12.0 Å². The lowest BCUT2D eigenvalue weighted by molar-refractivity contribution is -0.118. The molecule has 0 unspecified atom stereocenters. The van der Waals surface area contributed by atoms with Crippen LogP contribution in [0.4, 0.5) is 4.79 Å². The fourth-order valence-corrected chi connectivity index (χ4v) is 4.73. The van der Waals surface area contributed by atoms with Gasteiger partial charge in [-0.2, -0.15) is 4.79 Å². The van der Waals surface area contributed by atoms with Crippen LogP contribution < -0.4 is 20.5 Å². The Morgan fingerprint density at radius 3 is 2.43 bits per heavy atom. The number of aryl methyl sites for hydroxylation is 1. The van der Waals surface area contributed by atoms with E-state index >= 15 is 0 Å². The molecule has 0 aromatic heterocycles. The second kappa shape index (κ2) is 12.3. The molecule has 0 aliphatic carbocycles. The largest absolute Gasteiger partial charge is 0.496 e. The summed E-state index contributed by atoms with van der Waals surface area (Å²) < 4.78 is 38.5. The maximum Gasteiger partial charge on any atom is 0.408 e. The van der Waals surface area contributed by atoms with E-state index in [9.17, 15) is 18.0 Å². The number of sulfonamides is 1. The zero-order chi connectivity index (χ0) is 27.0. The van der Waals surface area contributed by atoms with Crippen LogP contribution in [0.5, 0.6) is 5.75 Å². The van der Waals surface area contributed by atoms with E-state index in [0.717, 1.165) is 0 Å². The molecule has 0 heterocycles. The molecule has 0 fully saturated rings. The molecule has 0 spiro atoms. The van der Waals surface area contributed by atoms with Crippen molar-refractivity contribution in [3.63, 3.8) is 0 Å². The molecule has 0 aliphatic rings. The van der Waals surface area contributed by atoms with Crippen LogP contribution in [0.25, 0.3) is 5.53 Å². The van der Waals surface area contributed by atoms with Gasteiger partial charge in [0.15, 0.2) is 0 Å². The quantitative estimate of drug-likeness (QED) is 0.141. The van der Waals surface area contributed by atoms with Gasteiger partial charge in [-0.25, -0.2) is 17.9 Å². The highest BCUT2D eigenvalue weighted by molar-refractivity contribution is 7.90. The number of methoxy groups -OCH3 is 1. The van der Waals surface area contributed by atoms with Crippen LogP contribution in [-0.4, -0.2) is 62.6 Å². The Hall–Kier alpha value is -3.44. The van der Waals surface area contributed by atoms with Gasteiger partial charge in [-0.1, -0.05) is 0 Å². The van der Waals surface area contributed by atoms with Gasteiger partial charge >= 0.3 is 12.3 Å².